The largest absolute Gasteiger partial charge is 0.317 e. The van der Waals surface area contributed by atoms with Crippen molar-refractivity contribution >= 4 is 0 Å². The maximum absolute atomic E-state index is 3.51. The molecule has 1 saturated carbocycles. The van der Waals surface area contributed by atoms with Crippen LogP contribution in [-0.2, 0) is 0 Å². The number of rotatable bonds is 7. The average Bonchev–Trinajstić information content (AvgIpc) is 2.63. The third-order valence-electron chi connectivity index (χ3n) is 3.15. The lowest BCUT2D eigenvalue weighted by Gasteiger charge is -2.08. The first kappa shape index (κ1) is 11.0. The summed E-state index contributed by atoms with van der Waals surface area (Å²) < 4.78 is 0. The topological polar surface area (TPSA) is 12.0 Å². The highest BCUT2D eigenvalue weighted by Gasteiger charge is 2.13. The van der Waals surface area contributed by atoms with Gasteiger partial charge in [0.25, 0.3) is 0 Å². The standard InChI is InChI=1S/C12H25N/c1-2-3-10-13-11-6-9-12-7-4-5-8-12/h12-13H,2-11H2,1H3. The highest BCUT2D eigenvalue weighted by atomic mass is 14.8. The lowest BCUT2D eigenvalue weighted by Crippen LogP contribution is -2.17. The zero-order valence-corrected chi connectivity index (χ0v) is 9.15. The monoisotopic (exact) mass is 183 g/mol. The van der Waals surface area contributed by atoms with E-state index in [4.69, 9.17) is 0 Å². The predicted molar refractivity (Wildman–Crippen MR) is 59.0 cm³/mol. The van der Waals surface area contributed by atoms with E-state index in [0.717, 1.165) is 5.92 Å². The number of unbranched alkanes of at least 4 members (excludes halogenated alkanes) is 1. The fourth-order valence-electron chi connectivity index (χ4n) is 2.24. The van der Waals surface area contributed by atoms with Gasteiger partial charge >= 0.3 is 0 Å². The molecule has 0 saturated heterocycles. The van der Waals surface area contributed by atoms with Gasteiger partial charge in [-0.15, -0.1) is 0 Å². The summed E-state index contributed by atoms with van der Waals surface area (Å²) >= 11 is 0. The lowest BCUT2D eigenvalue weighted by molar-refractivity contribution is 0.469. The molecule has 1 rings (SSSR count). The summed E-state index contributed by atoms with van der Waals surface area (Å²) in [6, 6.07) is 0. The molecule has 0 spiro atoms. The average molecular weight is 183 g/mol. The van der Waals surface area contributed by atoms with Crippen LogP contribution >= 0.6 is 0 Å². The molecule has 0 atom stereocenters. The lowest BCUT2D eigenvalue weighted by atomic mass is 10.0. The Labute approximate surface area is 83.3 Å². The van der Waals surface area contributed by atoms with Crippen LogP contribution in [0.4, 0.5) is 0 Å². The number of hydrogen-bond acceptors (Lipinski definition) is 1. The van der Waals surface area contributed by atoms with Gasteiger partial charge in [-0.05, 0) is 38.3 Å². The van der Waals surface area contributed by atoms with E-state index in [1.165, 1.54) is 64.5 Å². The van der Waals surface area contributed by atoms with Crippen LogP contribution in [0.1, 0.15) is 58.3 Å². The first-order valence-corrected chi connectivity index (χ1v) is 6.14. The number of hydrogen-bond donors (Lipinski definition) is 1. The van der Waals surface area contributed by atoms with E-state index in [0.29, 0.717) is 0 Å². The van der Waals surface area contributed by atoms with Crippen LogP contribution in [0, 0.1) is 5.92 Å². The molecule has 0 aromatic rings. The molecule has 0 aromatic heterocycles. The fraction of sp³-hybridized carbons (Fsp3) is 1.00. The molecule has 0 aliphatic heterocycles. The van der Waals surface area contributed by atoms with Crippen LogP contribution in [0.3, 0.4) is 0 Å². The predicted octanol–water partition coefficient (Wildman–Crippen LogP) is 3.35. The van der Waals surface area contributed by atoms with Gasteiger partial charge in [0.1, 0.15) is 0 Å². The summed E-state index contributed by atoms with van der Waals surface area (Å²) in [6.07, 6.45) is 11.5. The van der Waals surface area contributed by atoms with E-state index >= 15 is 0 Å². The van der Waals surface area contributed by atoms with Crippen molar-refractivity contribution in [2.45, 2.75) is 58.3 Å². The third kappa shape index (κ3) is 5.30. The molecule has 1 nitrogen and oxygen atoms in total. The second-order valence-electron chi connectivity index (χ2n) is 4.40. The second-order valence-corrected chi connectivity index (χ2v) is 4.40. The van der Waals surface area contributed by atoms with E-state index in [9.17, 15) is 0 Å². The van der Waals surface area contributed by atoms with Crippen molar-refractivity contribution < 1.29 is 0 Å². The maximum Gasteiger partial charge on any atom is -0.00488 e. The summed E-state index contributed by atoms with van der Waals surface area (Å²) in [5.41, 5.74) is 0. The molecule has 0 heterocycles. The van der Waals surface area contributed by atoms with Gasteiger partial charge < -0.3 is 5.32 Å². The maximum atomic E-state index is 3.51. The van der Waals surface area contributed by atoms with Crippen molar-refractivity contribution in [3.05, 3.63) is 0 Å². The van der Waals surface area contributed by atoms with E-state index in [-0.39, 0.29) is 0 Å². The highest BCUT2D eigenvalue weighted by Crippen LogP contribution is 2.28. The van der Waals surface area contributed by atoms with Gasteiger partial charge in [-0.3, -0.25) is 0 Å². The van der Waals surface area contributed by atoms with Gasteiger partial charge in [0.05, 0.1) is 0 Å². The summed E-state index contributed by atoms with van der Waals surface area (Å²) in [5, 5.41) is 3.51. The van der Waals surface area contributed by atoms with Gasteiger partial charge in [0, 0.05) is 0 Å². The Morgan fingerprint density at radius 3 is 2.46 bits per heavy atom. The molecular weight excluding hydrogens is 158 g/mol. The van der Waals surface area contributed by atoms with Crippen LogP contribution in [0.5, 0.6) is 0 Å². The quantitative estimate of drug-likeness (QED) is 0.597. The van der Waals surface area contributed by atoms with Crippen molar-refractivity contribution in [1.82, 2.24) is 5.32 Å². The molecule has 1 N–H and O–H groups in total. The van der Waals surface area contributed by atoms with Gasteiger partial charge in [0.2, 0.25) is 0 Å². The molecule has 1 aliphatic rings. The number of nitrogens with one attached hydrogen (secondary N) is 1. The molecule has 13 heavy (non-hydrogen) atoms. The summed E-state index contributed by atoms with van der Waals surface area (Å²) in [7, 11) is 0. The van der Waals surface area contributed by atoms with Crippen LogP contribution in [0.2, 0.25) is 0 Å². The molecular formula is C12H25N. The molecule has 1 heteroatoms. The van der Waals surface area contributed by atoms with E-state index < -0.39 is 0 Å². The SMILES string of the molecule is CCCCNCCCC1CCCC1. The minimum Gasteiger partial charge on any atom is -0.317 e. The van der Waals surface area contributed by atoms with Crippen molar-refractivity contribution in [1.29, 1.82) is 0 Å². The zero-order chi connectivity index (χ0) is 9.36. The molecule has 0 radical (unpaired) electrons. The Balaban J connectivity index is 1.78. The van der Waals surface area contributed by atoms with Crippen molar-refractivity contribution in [3.8, 4) is 0 Å². The minimum atomic E-state index is 1.08. The zero-order valence-electron chi connectivity index (χ0n) is 9.15. The fourth-order valence-corrected chi connectivity index (χ4v) is 2.24. The van der Waals surface area contributed by atoms with E-state index in [1.54, 1.807) is 0 Å². The van der Waals surface area contributed by atoms with E-state index in [1.807, 2.05) is 0 Å². The van der Waals surface area contributed by atoms with E-state index in [2.05, 4.69) is 12.2 Å². The molecule has 1 fully saturated rings. The van der Waals surface area contributed by atoms with Crippen molar-refractivity contribution in [3.63, 3.8) is 0 Å². The van der Waals surface area contributed by atoms with Crippen molar-refractivity contribution in [2.75, 3.05) is 13.1 Å². The van der Waals surface area contributed by atoms with Crippen LogP contribution in [0.15, 0.2) is 0 Å². The van der Waals surface area contributed by atoms with Gasteiger partial charge in [-0.2, -0.15) is 0 Å². The van der Waals surface area contributed by atoms with Crippen LogP contribution in [0.25, 0.3) is 0 Å². The van der Waals surface area contributed by atoms with Gasteiger partial charge in [0.15, 0.2) is 0 Å². The summed E-state index contributed by atoms with van der Waals surface area (Å²) in [6.45, 7) is 4.72. The Morgan fingerprint density at radius 2 is 1.77 bits per heavy atom. The molecule has 0 aromatic carbocycles. The smallest absolute Gasteiger partial charge is 0.00488 e. The molecule has 1 aliphatic carbocycles. The van der Waals surface area contributed by atoms with Gasteiger partial charge in [-0.1, -0.05) is 39.0 Å². The Kier molecular flexibility index (Phi) is 6.26. The normalized spacial score (nSPS) is 18.2. The first-order chi connectivity index (χ1) is 6.43. The van der Waals surface area contributed by atoms with Crippen LogP contribution < -0.4 is 5.32 Å². The molecule has 0 amide bonds. The molecule has 0 bridgehead atoms. The summed E-state index contributed by atoms with van der Waals surface area (Å²) in [5.74, 6) is 1.08. The second kappa shape index (κ2) is 7.37. The van der Waals surface area contributed by atoms with Gasteiger partial charge in [-0.25, -0.2) is 0 Å². The third-order valence-corrected chi connectivity index (χ3v) is 3.15. The highest BCUT2D eigenvalue weighted by molar-refractivity contribution is 4.67. The minimum absolute atomic E-state index is 1.08. The Bertz CT molecular complexity index is 106. The molecule has 0 unspecified atom stereocenters. The first-order valence-electron chi connectivity index (χ1n) is 6.14. The van der Waals surface area contributed by atoms with Crippen LogP contribution in [-0.4, -0.2) is 13.1 Å². The Morgan fingerprint density at radius 1 is 1.08 bits per heavy atom. The van der Waals surface area contributed by atoms with Crippen molar-refractivity contribution in [2.24, 2.45) is 5.92 Å². The Hall–Kier alpha value is -0.0400. The molecule has 78 valence electrons. The summed E-state index contributed by atoms with van der Waals surface area (Å²) in [4.78, 5) is 0.